The zero-order chi connectivity index (χ0) is 9.10. The lowest BCUT2D eigenvalue weighted by Gasteiger charge is -2.31. The van der Waals surface area contributed by atoms with Crippen LogP contribution in [0, 0.1) is 0 Å². The molecule has 2 aliphatic heterocycles. The summed E-state index contributed by atoms with van der Waals surface area (Å²) in [6, 6.07) is 0. The van der Waals surface area contributed by atoms with Gasteiger partial charge in [-0.2, -0.15) is 0 Å². The molecule has 72 valence electrons. The van der Waals surface area contributed by atoms with Crippen molar-refractivity contribution in [1.29, 1.82) is 0 Å². The summed E-state index contributed by atoms with van der Waals surface area (Å²) < 4.78 is 5.26. The van der Waals surface area contributed by atoms with Crippen molar-refractivity contribution >= 4 is 0 Å². The molecule has 5 nitrogen and oxygen atoms in total. The summed E-state index contributed by atoms with van der Waals surface area (Å²) in [6.07, 6.45) is 3.82. The lowest BCUT2D eigenvalue weighted by atomic mass is 10.3. The second-order valence-electron chi connectivity index (χ2n) is 3.04. The van der Waals surface area contributed by atoms with E-state index in [9.17, 15) is 0 Å². The van der Waals surface area contributed by atoms with Crippen molar-refractivity contribution in [3.05, 3.63) is 23.8 Å². The molecule has 0 unspecified atom stereocenters. The molecular formula is C8H14N4O. The maximum Gasteiger partial charge on any atom is 0.117 e. The predicted octanol–water partition coefficient (Wildman–Crippen LogP) is -0.932. The molecule has 5 heteroatoms. The van der Waals surface area contributed by atoms with Gasteiger partial charge in [-0.25, -0.2) is 0 Å². The van der Waals surface area contributed by atoms with Crippen LogP contribution in [0.25, 0.3) is 0 Å². The fourth-order valence-electron chi connectivity index (χ4n) is 1.43. The third kappa shape index (κ3) is 1.86. The van der Waals surface area contributed by atoms with E-state index in [-0.39, 0.29) is 0 Å². The van der Waals surface area contributed by atoms with Crippen molar-refractivity contribution in [3.8, 4) is 0 Å². The van der Waals surface area contributed by atoms with Gasteiger partial charge in [0.15, 0.2) is 0 Å². The van der Waals surface area contributed by atoms with E-state index in [1.165, 1.54) is 0 Å². The average molecular weight is 182 g/mol. The molecule has 0 spiro atoms. The zero-order valence-corrected chi connectivity index (χ0v) is 7.42. The van der Waals surface area contributed by atoms with Crippen LogP contribution in [0.2, 0.25) is 0 Å². The van der Waals surface area contributed by atoms with Crippen molar-refractivity contribution in [2.75, 3.05) is 26.3 Å². The summed E-state index contributed by atoms with van der Waals surface area (Å²) in [6.45, 7) is 3.44. The summed E-state index contributed by atoms with van der Waals surface area (Å²) in [5.74, 6) is 0.643. The van der Waals surface area contributed by atoms with Crippen molar-refractivity contribution in [1.82, 2.24) is 15.8 Å². The first-order valence-corrected chi connectivity index (χ1v) is 4.38. The Labute approximate surface area is 77.2 Å². The van der Waals surface area contributed by atoms with Crippen LogP contribution in [-0.4, -0.2) is 31.2 Å². The highest BCUT2D eigenvalue weighted by atomic mass is 16.5. The standard InChI is InChI=1S/C8H14N4O/c9-8-5-7(6-10-11-8)12-1-3-13-4-2-12/h5-6,10-11H,1-4,9H2. The van der Waals surface area contributed by atoms with E-state index >= 15 is 0 Å². The van der Waals surface area contributed by atoms with Crippen LogP contribution in [0.4, 0.5) is 0 Å². The Morgan fingerprint density at radius 3 is 2.85 bits per heavy atom. The molecule has 0 aromatic carbocycles. The number of allylic oxidation sites excluding steroid dienone is 1. The fourth-order valence-corrected chi connectivity index (χ4v) is 1.43. The van der Waals surface area contributed by atoms with Gasteiger partial charge in [-0.3, -0.25) is 5.43 Å². The van der Waals surface area contributed by atoms with Crippen LogP contribution in [0.5, 0.6) is 0 Å². The van der Waals surface area contributed by atoms with Gasteiger partial charge in [0.25, 0.3) is 0 Å². The Morgan fingerprint density at radius 1 is 1.38 bits per heavy atom. The van der Waals surface area contributed by atoms with Gasteiger partial charge >= 0.3 is 0 Å². The number of nitrogens with two attached hydrogens (primary N) is 1. The normalized spacial score (nSPS) is 22.6. The Kier molecular flexibility index (Phi) is 2.27. The van der Waals surface area contributed by atoms with Gasteiger partial charge in [0.1, 0.15) is 5.82 Å². The van der Waals surface area contributed by atoms with Crippen molar-refractivity contribution < 1.29 is 4.74 Å². The number of nitrogens with one attached hydrogen (secondary N) is 2. The molecule has 0 radical (unpaired) electrons. The minimum atomic E-state index is 0.643. The smallest absolute Gasteiger partial charge is 0.117 e. The Bertz CT molecular complexity index is 243. The summed E-state index contributed by atoms with van der Waals surface area (Å²) in [7, 11) is 0. The van der Waals surface area contributed by atoms with Crippen LogP contribution < -0.4 is 16.6 Å². The third-order valence-electron chi connectivity index (χ3n) is 2.12. The highest BCUT2D eigenvalue weighted by Crippen LogP contribution is 2.10. The summed E-state index contributed by atoms with van der Waals surface area (Å²) in [4.78, 5) is 2.24. The second-order valence-corrected chi connectivity index (χ2v) is 3.04. The molecule has 0 aliphatic carbocycles. The van der Waals surface area contributed by atoms with Gasteiger partial charge in [0.05, 0.1) is 18.9 Å². The SMILES string of the molecule is NC1=CC(N2CCOCC2)=CNN1. The molecule has 2 aliphatic rings. The summed E-state index contributed by atoms with van der Waals surface area (Å²) >= 11 is 0. The molecule has 1 saturated heterocycles. The molecule has 0 amide bonds. The topological polar surface area (TPSA) is 62.5 Å². The van der Waals surface area contributed by atoms with Gasteiger partial charge in [0, 0.05) is 25.4 Å². The molecule has 0 aromatic heterocycles. The molecular weight excluding hydrogens is 168 g/mol. The maximum absolute atomic E-state index is 5.62. The largest absolute Gasteiger partial charge is 0.384 e. The number of ether oxygens (including phenoxy) is 1. The van der Waals surface area contributed by atoms with Gasteiger partial charge < -0.3 is 20.8 Å². The summed E-state index contributed by atoms with van der Waals surface area (Å²) in [5, 5.41) is 0. The first-order chi connectivity index (χ1) is 6.36. The van der Waals surface area contributed by atoms with E-state index in [0.717, 1.165) is 32.0 Å². The first kappa shape index (κ1) is 8.25. The first-order valence-electron chi connectivity index (χ1n) is 4.38. The number of nitrogens with zero attached hydrogens (tertiary/aromatic N) is 1. The number of rotatable bonds is 1. The van der Waals surface area contributed by atoms with Crippen LogP contribution in [0.3, 0.4) is 0 Å². The van der Waals surface area contributed by atoms with Gasteiger partial charge in [-0.05, 0) is 0 Å². The highest BCUT2D eigenvalue weighted by molar-refractivity contribution is 5.23. The molecule has 2 heterocycles. The van der Waals surface area contributed by atoms with Crippen molar-refractivity contribution in [2.45, 2.75) is 0 Å². The molecule has 0 bridgehead atoms. The minimum Gasteiger partial charge on any atom is -0.384 e. The van der Waals surface area contributed by atoms with E-state index in [1.807, 2.05) is 12.3 Å². The van der Waals surface area contributed by atoms with E-state index < -0.39 is 0 Å². The number of hydrazine groups is 1. The van der Waals surface area contributed by atoms with E-state index in [1.54, 1.807) is 0 Å². The lowest BCUT2D eigenvalue weighted by molar-refractivity contribution is 0.0548. The monoisotopic (exact) mass is 182 g/mol. The van der Waals surface area contributed by atoms with Crippen molar-refractivity contribution in [2.24, 2.45) is 5.73 Å². The van der Waals surface area contributed by atoms with Crippen LogP contribution in [0.1, 0.15) is 0 Å². The zero-order valence-electron chi connectivity index (χ0n) is 7.42. The quantitative estimate of drug-likeness (QED) is 0.489. The Morgan fingerprint density at radius 2 is 2.15 bits per heavy atom. The van der Waals surface area contributed by atoms with Gasteiger partial charge in [0.2, 0.25) is 0 Å². The van der Waals surface area contributed by atoms with Crippen LogP contribution >= 0.6 is 0 Å². The maximum atomic E-state index is 5.62. The summed E-state index contributed by atoms with van der Waals surface area (Å²) in [5.41, 5.74) is 12.4. The number of hydrogen-bond donors (Lipinski definition) is 3. The Hall–Kier alpha value is -1.36. The number of hydrogen-bond acceptors (Lipinski definition) is 5. The molecule has 0 aromatic rings. The third-order valence-corrected chi connectivity index (χ3v) is 2.12. The Balaban J connectivity index is 2.02. The average Bonchev–Trinajstić information content (AvgIpc) is 2.19. The van der Waals surface area contributed by atoms with Crippen LogP contribution in [0.15, 0.2) is 23.8 Å². The second kappa shape index (κ2) is 3.57. The molecule has 4 N–H and O–H groups in total. The minimum absolute atomic E-state index is 0.643. The highest BCUT2D eigenvalue weighted by Gasteiger charge is 2.13. The predicted molar refractivity (Wildman–Crippen MR) is 49.0 cm³/mol. The van der Waals surface area contributed by atoms with Crippen molar-refractivity contribution in [3.63, 3.8) is 0 Å². The molecule has 1 fully saturated rings. The molecule has 0 atom stereocenters. The van der Waals surface area contributed by atoms with E-state index in [2.05, 4.69) is 15.8 Å². The number of morpholine rings is 1. The molecule has 0 saturated carbocycles. The lowest BCUT2D eigenvalue weighted by Crippen LogP contribution is -2.40. The fraction of sp³-hybridized carbons (Fsp3) is 0.500. The van der Waals surface area contributed by atoms with Crippen LogP contribution in [-0.2, 0) is 4.74 Å². The molecule has 13 heavy (non-hydrogen) atoms. The van der Waals surface area contributed by atoms with Gasteiger partial charge in [-0.1, -0.05) is 0 Å². The van der Waals surface area contributed by atoms with Gasteiger partial charge in [-0.15, -0.1) is 0 Å². The van der Waals surface area contributed by atoms with E-state index in [0.29, 0.717) is 5.82 Å². The molecule has 2 rings (SSSR count). The van der Waals surface area contributed by atoms with E-state index in [4.69, 9.17) is 10.5 Å².